The predicted molar refractivity (Wildman–Crippen MR) is 117 cm³/mol. The molecular weight excluding hydrogens is 413 g/mol. The quantitative estimate of drug-likeness (QED) is 0.534. The van der Waals surface area contributed by atoms with E-state index in [1.54, 1.807) is 6.07 Å². The lowest BCUT2D eigenvalue weighted by molar-refractivity contribution is -0.137. The van der Waals surface area contributed by atoms with Crippen molar-refractivity contribution < 1.29 is 18.0 Å². The Balaban J connectivity index is 1.96. The summed E-state index contributed by atoms with van der Waals surface area (Å²) in [5.41, 5.74) is 1.47. The van der Waals surface area contributed by atoms with Gasteiger partial charge in [0.25, 0.3) is 0 Å². The highest BCUT2D eigenvalue weighted by Gasteiger charge is 2.43. The first-order valence-corrected chi connectivity index (χ1v) is 10.7. The monoisotopic (exact) mass is 438 g/mol. The number of nitrogens with zero attached hydrogens (tertiary/aromatic N) is 1. The molecule has 1 saturated carbocycles. The summed E-state index contributed by atoms with van der Waals surface area (Å²) in [6.45, 7) is 3.76. The molecule has 1 atom stereocenters. The Labute approximate surface area is 185 Å². The molecule has 0 spiro atoms. The fourth-order valence-electron chi connectivity index (χ4n) is 4.10. The molecule has 2 aromatic carbocycles. The molecule has 32 heavy (non-hydrogen) atoms. The van der Waals surface area contributed by atoms with E-state index in [0.717, 1.165) is 41.8 Å². The first-order valence-electron chi connectivity index (χ1n) is 10.7. The van der Waals surface area contributed by atoms with Crippen LogP contribution in [0.5, 0.6) is 0 Å². The Morgan fingerprint density at radius 1 is 0.969 bits per heavy atom. The van der Waals surface area contributed by atoms with Gasteiger partial charge in [0.15, 0.2) is 0 Å². The van der Waals surface area contributed by atoms with Gasteiger partial charge in [-0.1, -0.05) is 42.5 Å². The smallest absolute Gasteiger partial charge is 0.340 e. The minimum Gasteiger partial charge on any atom is -0.340 e. The van der Waals surface area contributed by atoms with Crippen LogP contribution in [0.25, 0.3) is 0 Å². The summed E-state index contributed by atoms with van der Waals surface area (Å²) in [6.07, 6.45) is -2.64. The van der Waals surface area contributed by atoms with Gasteiger partial charge in [-0.05, 0) is 67.6 Å². The number of pyridine rings is 1. The molecule has 1 unspecified atom stereocenters. The van der Waals surface area contributed by atoms with Crippen LogP contribution in [0.1, 0.15) is 46.5 Å². The van der Waals surface area contributed by atoms with Crippen molar-refractivity contribution in [2.24, 2.45) is 5.92 Å². The van der Waals surface area contributed by atoms with E-state index in [2.05, 4.69) is 5.32 Å². The molecule has 6 heteroatoms. The summed E-state index contributed by atoms with van der Waals surface area (Å²) in [7, 11) is 0. The summed E-state index contributed by atoms with van der Waals surface area (Å²) in [5.74, 6) is -0.263. The fourth-order valence-corrected chi connectivity index (χ4v) is 4.10. The van der Waals surface area contributed by atoms with Gasteiger partial charge in [-0.15, -0.1) is 0 Å². The van der Waals surface area contributed by atoms with Crippen LogP contribution in [0.2, 0.25) is 0 Å². The van der Waals surface area contributed by atoms with Crippen LogP contribution in [-0.2, 0) is 22.9 Å². The number of aromatic nitrogens is 1. The van der Waals surface area contributed by atoms with Gasteiger partial charge in [0.1, 0.15) is 5.54 Å². The second-order valence-corrected chi connectivity index (χ2v) is 8.58. The molecule has 0 bridgehead atoms. The van der Waals surface area contributed by atoms with Gasteiger partial charge < -0.3 is 5.32 Å². The number of amides is 1. The molecule has 1 aliphatic rings. The second kappa shape index (κ2) is 8.41. The zero-order valence-electron chi connectivity index (χ0n) is 18.0. The Kier molecular flexibility index (Phi) is 5.80. The van der Waals surface area contributed by atoms with Crippen LogP contribution >= 0.6 is 0 Å². The number of aryl methyl sites for hydroxylation is 2. The van der Waals surface area contributed by atoms with Gasteiger partial charge in [-0.25, -0.2) is 0 Å². The maximum atomic E-state index is 13.6. The van der Waals surface area contributed by atoms with Crippen molar-refractivity contribution in [3.8, 4) is 0 Å². The van der Waals surface area contributed by atoms with Gasteiger partial charge >= 0.3 is 6.18 Å². The molecular formula is C26H25F3N2O. The molecule has 1 amide bonds. The van der Waals surface area contributed by atoms with Crippen LogP contribution < -0.4 is 5.32 Å². The summed E-state index contributed by atoms with van der Waals surface area (Å²) in [6, 6.07) is 18.4. The van der Waals surface area contributed by atoms with Crippen molar-refractivity contribution >= 4 is 5.91 Å². The van der Waals surface area contributed by atoms with Crippen LogP contribution in [0.3, 0.4) is 0 Å². The molecule has 166 valence electrons. The molecule has 1 N–H and O–H groups in total. The van der Waals surface area contributed by atoms with E-state index in [1.165, 1.54) is 6.07 Å². The highest BCUT2D eigenvalue weighted by Crippen LogP contribution is 2.39. The van der Waals surface area contributed by atoms with Gasteiger partial charge in [0.05, 0.1) is 11.3 Å². The third-order valence-electron chi connectivity index (χ3n) is 5.81. The molecule has 1 fully saturated rings. The molecule has 4 rings (SSSR count). The van der Waals surface area contributed by atoms with Crippen molar-refractivity contribution in [1.29, 1.82) is 0 Å². The number of carbonyl (C=O) groups is 1. The van der Waals surface area contributed by atoms with Crippen molar-refractivity contribution in [3.05, 3.63) is 100 Å². The number of halogens is 3. The predicted octanol–water partition coefficient (Wildman–Crippen LogP) is 5.73. The summed E-state index contributed by atoms with van der Waals surface area (Å²) >= 11 is 0. The van der Waals surface area contributed by atoms with E-state index in [0.29, 0.717) is 11.3 Å². The molecule has 0 saturated heterocycles. The zero-order chi connectivity index (χ0) is 22.9. The number of hydrogen-bond acceptors (Lipinski definition) is 2. The van der Waals surface area contributed by atoms with E-state index in [-0.39, 0.29) is 18.2 Å². The van der Waals surface area contributed by atoms with Crippen molar-refractivity contribution in [2.45, 2.75) is 44.8 Å². The van der Waals surface area contributed by atoms with E-state index in [1.807, 2.05) is 56.3 Å². The minimum atomic E-state index is -4.50. The maximum Gasteiger partial charge on any atom is 0.416 e. The largest absolute Gasteiger partial charge is 0.416 e. The molecule has 0 radical (unpaired) electrons. The van der Waals surface area contributed by atoms with E-state index >= 15 is 0 Å². The van der Waals surface area contributed by atoms with E-state index < -0.39 is 17.3 Å². The lowest BCUT2D eigenvalue weighted by Crippen LogP contribution is -2.50. The van der Waals surface area contributed by atoms with Crippen LogP contribution in [0.4, 0.5) is 13.2 Å². The zero-order valence-corrected chi connectivity index (χ0v) is 18.0. The molecule has 3 nitrogen and oxygen atoms in total. The number of hydrogen-bond donors (Lipinski definition) is 1. The van der Waals surface area contributed by atoms with Crippen LogP contribution in [0, 0.1) is 19.8 Å². The summed E-state index contributed by atoms with van der Waals surface area (Å²) in [4.78, 5) is 17.8. The summed E-state index contributed by atoms with van der Waals surface area (Å²) in [5, 5.41) is 3.14. The van der Waals surface area contributed by atoms with Gasteiger partial charge in [-0.2, -0.15) is 13.2 Å². The SMILES string of the molecule is Cc1cc(C)nc(C(Cc2ccccc2)(NC(=O)C2CC2)c2cccc(C(F)(F)F)c2)c1. The molecule has 1 heterocycles. The van der Waals surface area contributed by atoms with Crippen LogP contribution in [-0.4, -0.2) is 10.9 Å². The molecule has 1 aromatic heterocycles. The number of rotatable bonds is 6. The Morgan fingerprint density at radius 2 is 1.66 bits per heavy atom. The van der Waals surface area contributed by atoms with Crippen molar-refractivity contribution in [3.63, 3.8) is 0 Å². The van der Waals surface area contributed by atoms with Gasteiger partial charge in [0.2, 0.25) is 5.91 Å². The normalized spacial score (nSPS) is 15.8. The molecule has 3 aromatic rings. The number of alkyl halides is 3. The molecule has 1 aliphatic carbocycles. The Bertz CT molecular complexity index is 1100. The van der Waals surface area contributed by atoms with Gasteiger partial charge in [-0.3, -0.25) is 9.78 Å². The van der Waals surface area contributed by atoms with Gasteiger partial charge in [0, 0.05) is 18.0 Å². The third kappa shape index (κ3) is 4.69. The Morgan fingerprint density at radius 3 is 2.28 bits per heavy atom. The number of carbonyl (C=O) groups excluding carboxylic acids is 1. The minimum absolute atomic E-state index is 0.109. The second-order valence-electron chi connectivity index (χ2n) is 8.58. The van der Waals surface area contributed by atoms with Crippen molar-refractivity contribution in [2.75, 3.05) is 0 Å². The maximum absolute atomic E-state index is 13.6. The third-order valence-corrected chi connectivity index (χ3v) is 5.81. The van der Waals surface area contributed by atoms with E-state index in [9.17, 15) is 18.0 Å². The summed E-state index contributed by atoms with van der Waals surface area (Å²) < 4.78 is 40.8. The van der Waals surface area contributed by atoms with Crippen LogP contribution in [0.15, 0.2) is 66.7 Å². The van der Waals surface area contributed by atoms with Crippen molar-refractivity contribution in [1.82, 2.24) is 10.3 Å². The lowest BCUT2D eigenvalue weighted by atomic mass is 9.79. The van der Waals surface area contributed by atoms with E-state index in [4.69, 9.17) is 4.98 Å². The average Bonchev–Trinajstić information content (AvgIpc) is 3.58. The average molecular weight is 438 g/mol. The number of benzene rings is 2. The lowest BCUT2D eigenvalue weighted by Gasteiger charge is -2.36. The first kappa shape index (κ1) is 22.1. The topological polar surface area (TPSA) is 42.0 Å². The standard InChI is InChI=1S/C26H25F3N2O/c1-17-13-18(2)30-23(14-17)25(31-24(32)20-11-12-20,16-19-7-4-3-5-8-19)21-9-6-10-22(15-21)26(27,28)29/h3-10,13-15,20H,11-12,16H2,1-2H3,(H,31,32). The fraction of sp³-hybridized carbons (Fsp3) is 0.308. The highest BCUT2D eigenvalue weighted by atomic mass is 19.4. The highest BCUT2D eigenvalue weighted by molar-refractivity contribution is 5.82. The Hall–Kier alpha value is -3.15. The number of nitrogens with one attached hydrogen (secondary N) is 1. The first-order chi connectivity index (χ1) is 15.2. The molecule has 0 aliphatic heterocycles.